The lowest BCUT2D eigenvalue weighted by molar-refractivity contribution is 0.255. The zero-order valence-electron chi connectivity index (χ0n) is 15.9. The van der Waals surface area contributed by atoms with Gasteiger partial charge >= 0.3 is 0 Å². The summed E-state index contributed by atoms with van der Waals surface area (Å²) in [5.41, 5.74) is 0. The average Bonchev–Trinajstić information content (AvgIpc) is 3.35. The van der Waals surface area contributed by atoms with E-state index in [1.807, 2.05) is 0 Å². The summed E-state index contributed by atoms with van der Waals surface area (Å²) in [6.45, 7) is 6.51. The second-order valence-corrected chi connectivity index (χ2v) is 10.4. The maximum Gasteiger partial charge on any atom is 0.191 e. The second-order valence-electron chi connectivity index (χ2n) is 7.14. The van der Waals surface area contributed by atoms with E-state index in [0.717, 1.165) is 38.6 Å². The summed E-state index contributed by atoms with van der Waals surface area (Å²) in [6.07, 6.45) is 3.28. The van der Waals surface area contributed by atoms with Crippen molar-refractivity contribution in [3.05, 3.63) is 22.4 Å². The number of sulfone groups is 1. The van der Waals surface area contributed by atoms with Crippen LogP contribution in [0.15, 0.2) is 22.5 Å². The third-order valence-electron chi connectivity index (χ3n) is 5.10. The minimum Gasteiger partial charge on any atom is -0.357 e. The largest absolute Gasteiger partial charge is 0.357 e. The molecule has 2 aliphatic heterocycles. The van der Waals surface area contributed by atoms with Crippen LogP contribution in [0.5, 0.6) is 0 Å². The number of nitrogens with zero attached hydrogens (tertiary/aromatic N) is 2. The molecule has 0 amide bonds. The lowest BCUT2D eigenvalue weighted by atomic mass is 10.1. The van der Waals surface area contributed by atoms with E-state index < -0.39 is 9.84 Å². The SMILES string of the molecule is CCNC(=NCC(c1cccs1)N1CCCC1)NCC1CCS(=O)(=O)C1.I. The number of hydrogen-bond acceptors (Lipinski definition) is 5. The summed E-state index contributed by atoms with van der Waals surface area (Å²) in [5, 5.41) is 8.77. The van der Waals surface area contributed by atoms with Crippen LogP contribution in [0.25, 0.3) is 0 Å². The molecule has 0 spiro atoms. The lowest BCUT2D eigenvalue weighted by Gasteiger charge is -2.25. The average molecular weight is 527 g/mol. The molecule has 0 aliphatic carbocycles. The van der Waals surface area contributed by atoms with Gasteiger partial charge in [0.05, 0.1) is 24.1 Å². The molecule has 1 aromatic heterocycles. The van der Waals surface area contributed by atoms with E-state index in [9.17, 15) is 8.42 Å². The fourth-order valence-corrected chi connectivity index (χ4v) is 6.43. The van der Waals surface area contributed by atoms with Crippen LogP contribution in [-0.4, -0.2) is 63.5 Å². The van der Waals surface area contributed by atoms with Gasteiger partial charge in [-0.2, -0.15) is 0 Å². The van der Waals surface area contributed by atoms with Crippen LogP contribution in [-0.2, 0) is 9.84 Å². The van der Waals surface area contributed by atoms with Gasteiger partial charge in [0.2, 0.25) is 0 Å². The molecule has 6 nitrogen and oxygen atoms in total. The first-order valence-electron chi connectivity index (χ1n) is 9.57. The van der Waals surface area contributed by atoms with Crippen molar-refractivity contribution in [2.75, 3.05) is 44.2 Å². The Labute approximate surface area is 184 Å². The number of thiophene rings is 1. The van der Waals surface area contributed by atoms with Crippen molar-refractivity contribution in [3.63, 3.8) is 0 Å². The molecule has 3 heterocycles. The molecule has 2 unspecified atom stereocenters. The predicted octanol–water partition coefficient (Wildman–Crippen LogP) is 2.49. The molecule has 154 valence electrons. The van der Waals surface area contributed by atoms with Gasteiger partial charge in [0.25, 0.3) is 0 Å². The first kappa shape index (κ1) is 22.9. The maximum atomic E-state index is 11.6. The first-order valence-corrected chi connectivity index (χ1v) is 12.3. The van der Waals surface area contributed by atoms with Crippen molar-refractivity contribution in [1.82, 2.24) is 15.5 Å². The lowest BCUT2D eigenvalue weighted by Crippen LogP contribution is -2.40. The Balaban J connectivity index is 0.00000261. The van der Waals surface area contributed by atoms with E-state index in [4.69, 9.17) is 4.99 Å². The smallest absolute Gasteiger partial charge is 0.191 e. The summed E-state index contributed by atoms with van der Waals surface area (Å²) in [5.74, 6) is 1.60. The van der Waals surface area contributed by atoms with Crippen molar-refractivity contribution in [2.24, 2.45) is 10.9 Å². The highest BCUT2D eigenvalue weighted by Gasteiger charge is 2.28. The van der Waals surface area contributed by atoms with Crippen LogP contribution >= 0.6 is 35.3 Å². The monoisotopic (exact) mass is 526 g/mol. The summed E-state index contributed by atoms with van der Waals surface area (Å²) in [7, 11) is -2.83. The van der Waals surface area contributed by atoms with Gasteiger partial charge in [-0.25, -0.2) is 8.42 Å². The topological polar surface area (TPSA) is 73.8 Å². The van der Waals surface area contributed by atoms with E-state index >= 15 is 0 Å². The van der Waals surface area contributed by atoms with Crippen LogP contribution in [0.3, 0.4) is 0 Å². The van der Waals surface area contributed by atoms with Crippen LogP contribution in [0.4, 0.5) is 0 Å². The number of hydrogen-bond donors (Lipinski definition) is 2. The quantitative estimate of drug-likeness (QED) is 0.325. The van der Waals surface area contributed by atoms with E-state index in [-0.39, 0.29) is 29.9 Å². The van der Waals surface area contributed by atoms with Crippen LogP contribution in [0, 0.1) is 5.92 Å². The fourth-order valence-electron chi connectivity index (χ4n) is 3.71. The Bertz CT molecular complexity index is 688. The third kappa shape index (κ3) is 6.86. The van der Waals surface area contributed by atoms with Crippen LogP contribution in [0.1, 0.15) is 37.1 Å². The van der Waals surface area contributed by atoms with Gasteiger partial charge < -0.3 is 10.6 Å². The number of halogens is 1. The van der Waals surface area contributed by atoms with Crippen molar-refractivity contribution >= 4 is 51.1 Å². The van der Waals surface area contributed by atoms with Crippen molar-refractivity contribution in [3.8, 4) is 0 Å². The van der Waals surface area contributed by atoms with E-state index in [0.29, 0.717) is 24.1 Å². The number of aliphatic imine (C=N–C) groups is 1. The first-order chi connectivity index (χ1) is 12.6. The molecular weight excluding hydrogens is 495 g/mol. The molecule has 2 aliphatic rings. The Morgan fingerprint density at radius 2 is 2.15 bits per heavy atom. The zero-order chi connectivity index (χ0) is 18.4. The minimum absolute atomic E-state index is 0. The third-order valence-corrected chi connectivity index (χ3v) is 7.92. The van der Waals surface area contributed by atoms with Gasteiger partial charge in [-0.3, -0.25) is 9.89 Å². The van der Waals surface area contributed by atoms with Gasteiger partial charge in [-0.15, -0.1) is 35.3 Å². The van der Waals surface area contributed by atoms with E-state index in [1.54, 1.807) is 11.3 Å². The van der Waals surface area contributed by atoms with Gasteiger partial charge in [0.1, 0.15) is 0 Å². The van der Waals surface area contributed by atoms with Crippen molar-refractivity contribution in [2.45, 2.75) is 32.2 Å². The molecule has 2 saturated heterocycles. The summed E-state index contributed by atoms with van der Waals surface area (Å²) < 4.78 is 23.3. The van der Waals surface area contributed by atoms with Gasteiger partial charge in [-0.1, -0.05) is 6.07 Å². The molecular formula is C18H31IN4O2S2. The molecule has 2 atom stereocenters. The Hall–Kier alpha value is -0.390. The normalized spacial score (nSPS) is 23.7. The molecule has 0 aromatic carbocycles. The summed E-state index contributed by atoms with van der Waals surface area (Å²) >= 11 is 1.80. The van der Waals surface area contributed by atoms with Gasteiger partial charge in [-0.05, 0) is 56.6 Å². The molecule has 0 saturated carbocycles. The van der Waals surface area contributed by atoms with Gasteiger partial charge in [0, 0.05) is 18.0 Å². The molecule has 0 bridgehead atoms. The molecule has 27 heavy (non-hydrogen) atoms. The molecule has 2 fully saturated rings. The molecule has 0 radical (unpaired) electrons. The fraction of sp³-hybridized carbons (Fsp3) is 0.722. The standard InChI is InChI=1S/C18H30N4O2S2.HI/c1-2-19-18(20-12-15-7-11-26(23,24)14-15)21-13-16(17-6-5-10-25-17)22-8-3-4-9-22;/h5-6,10,15-16H,2-4,7-9,11-14H2,1H3,(H2,19,20,21);1H. The van der Waals surface area contributed by atoms with E-state index in [2.05, 4.69) is 40.0 Å². The number of rotatable bonds is 7. The zero-order valence-corrected chi connectivity index (χ0v) is 19.9. The van der Waals surface area contributed by atoms with Gasteiger partial charge in [0.15, 0.2) is 15.8 Å². The minimum atomic E-state index is -2.83. The molecule has 1 aromatic rings. The highest BCUT2D eigenvalue weighted by Crippen LogP contribution is 2.28. The molecule has 9 heteroatoms. The highest BCUT2D eigenvalue weighted by molar-refractivity contribution is 14.0. The Kier molecular flexibility index (Phi) is 9.30. The number of nitrogens with one attached hydrogen (secondary N) is 2. The summed E-state index contributed by atoms with van der Waals surface area (Å²) in [6, 6.07) is 4.64. The summed E-state index contributed by atoms with van der Waals surface area (Å²) in [4.78, 5) is 8.72. The Morgan fingerprint density at radius 3 is 2.74 bits per heavy atom. The maximum absolute atomic E-state index is 11.6. The van der Waals surface area contributed by atoms with Crippen LogP contribution < -0.4 is 10.6 Å². The molecule has 3 rings (SSSR count). The van der Waals surface area contributed by atoms with Crippen molar-refractivity contribution < 1.29 is 8.42 Å². The predicted molar refractivity (Wildman–Crippen MR) is 124 cm³/mol. The highest BCUT2D eigenvalue weighted by atomic mass is 127. The Morgan fingerprint density at radius 1 is 1.37 bits per heavy atom. The van der Waals surface area contributed by atoms with E-state index in [1.165, 1.54) is 17.7 Å². The number of guanidine groups is 1. The van der Waals surface area contributed by atoms with Crippen molar-refractivity contribution in [1.29, 1.82) is 0 Å². The number of likely N-dealkylation sites (tertiary alicyclic amines) is 1. The van der Waals surface area contributed by atoms with Crippen LogP contribution in [0.2, 0.25) is 0 Å². The molecule has 2 N–H and O–H groups in total. The second kappa shape index (κ2) is 11.0.